The predicted octanol–water partition coefficient (Wildman–Crippen LogP) is 2.33. The van der Waals surface area contributed by atoms with Crippen LogP contribution < -0.4 is 5.73 Å². The number of fused-ring (bicyclic) bond motifs is 1. The Morgan fingerprint density at radius 1 is 1.13 bits per heavy atom. The summed E-state index contributed by atoms with van der Waals surface area (Å²) in [7, 11) is 0. The Morgan fingerprint density at radius 2 is 1.80 bits per heavy atom. The van der Waals surface area contributed by atoms with Crippen molar-refractivity contribution >= 4 is 16.6 Å². The van der Waals surface area contributed by atoms with Crippen LogP contribution in [0.4, 0.5) is 5.69 Å². The second kappa shape index (κ2) is 5.98. The number of aryl methyl sites for hydroxylation is 1. The van der Waals surface area contributed by atoms with Gasteiger partial charge in [-0.2, -0.15) is 0 Å². The van der Waals surface area contributed by atoms with Crippen molar-refractivity contribution in [1.82, 2.24) is 4.98 Å². The number of hydrogen-bond donors (Lipinski definition) is 1. The van der Waals surface area contributed by atoms with Crippen LogP contribution in [0, 0.1) is 6.92 Å². The van der Waals surface area contributed by atoms with E-state index in [9.17, 15) is 0 Å². The third-order valence-corrected chi connectivity index (χ3v) is 1.93. The SMILES string of the molecule is CC.Cc1ccc2c(N)ccnc2c1.O. The third kappa shape index (κ3) is 2.92. The van der Waals surface area contributed by atoms with Crippen LogP contribution in [0.5, 0.6) is 0 Å². The van der Waals surface area contributed by atoms with Gasteiger partial charge < -0.3 is 11.2 Å². The molecule has 0 atom stereocenters. The highest BCUT2D eigenvalue weighted by atomic mass is 16.0. The van der Waals surface area contributed by atoms with Gasteiger partial charge in [0, 0.05) is 17.3 Å². The number of nitrogen functional groups attached to an aromatic ring is 1. The molecule has 0 fully saturated rings. The van der Waals surface area contributed by atoms with E-state index < -0.39 is 0 Å². The summed E-state index contributed by atoms with van der Waals surface area (Å²) in [5.74, 6) is 0. The molecule has 0 saturated carbocycles. The number of nitrogens with two attached hydrogens (primary N) is 1. The molecule has 2 rings (SSSR count). The summed E-state index contributed by atoms with van der Waals surface area (Å²) in [5.41, 5.74) is 8.73. The van der Waals surface area contributed by atoms with Crippen molar-refractivity contribution in [2.75, 3.05) is 5.73 Å². The van der Waals surface area contributed by atoms with E-state index >= 15 is 0 Å². The highest BCUT2D eigenvalue weighted by Gasteiger charge is 1.96. The van der Waals surface area contributed by atoms with Gasteiger partial charge in [0.1, 0.15) is 0 Å². The van der Waals surface area contributed by atoms with Crippen molar-refractivity contribution in [2.24, 2.45) is 0 Å². The van der Waals surface area contributed by atoms with E-state index in [4.69, 9.17) is 5.73 Å². The molecule has 3 nitrogen and oxygen atoms in total. The first kappa shape index (κ1) is 13.4. The van der Waals surface area contributed by atoms with Crippen LogP contribution in [0.25, 0.3) is 10.9 Å². The van der Waals surface area contributed by atoms with Crippen molar-refractivity contribution in [3.8, 4) is 0 Å². The molecule has 1 heterocycles. The average Bonchev–Trinajstić information content (AvgIpc) is 2.21. The van der Waals surface area contributed by atoms with Crippen LogP contribution in [0.15, 0.2) is 30.5 Å². The largest absolute Gasteiger partial charge is 0.412 e. The maximum atomic E-state index is 5.77. The van der Waals surface area contributed by atoms with Crippen LogP contribution in [-0.2, 0) is 0 Å². The smallest absolute Gasteiger partial charge is 0.0725 e. The molecule has 2 aromatic rings. The Morgan fingerprint density at radius 3 is 2.47 bits per heavy atom. The number of rotatable bonds is 0. The summed E-state index contributed by atoms with van der Waals surface area (Å²) in [6.07, 6.45) is 1.73. The van der Waals surface area contributed by atoms with Gasteiger partial charge in [0.2, 0.25) is 0 Å². The summed E-state index contributed by atoms with van der Waals surface area (Å²) >= 11 is 0. The molecule has 3 heteroatoms. The molecule has 0 saturated heterocycles. The van der Waals surface area contributed by atoms with Gasteiger partial charge in [-0.3, -0.25) is 4.98 Å². The van der Waals surface area contributed by atoms with E-state index in [1.807, 2.05) is 45.0 Å². The number of pyridine rings is 1. The zero-order chi connectivity index (χ0) is 10.6. The van der Waals surface area contributed by atoms with E-state index in [0.29, 0.717) is 0 Å². The minimum Gasteiger partial charge on any atom is -0.412 e. The lowest BCUT2D eigenvalue weighted by Gasteiger charge is -2.00. The standard InChI is InChI=1S/C10H10N2.C2H6.H2O/c1-7-2-3-8-9(11)4-5-12-10(8)6-7;1-2;/h2-6H,1H3,(H2,11,12);1-2H3;1H2. The van der Waals surface area contributed by atoms with Gasteiger partial charge in [-0.1, -0.05) is 26.0 Å². The minimum atomic E-state index is 0. The molecular weight excluding hydrogens is 188 g/mol. The maximum absolute atomic E-state index is 5.77. The highest BCUT2D eigenvalue weighted by Crippen LogP contribution is 2.18. The summed E-state index contributed by atoms with van der Waals surface area (Å²) in [6, 6.07) is 7.90. The van der Waals surface area contributed by atoms with Crippen molar-refractivity contribution in [3.05, 3.63) is 36.0 Å². The number of hydrogen-bond acceptors (Lipinski definition) is 2. The fourth-order valence-corrected chi connectivity index (χ4v) is 1.28. The number of nitrogens with zero attached hydrogens (tertiary/aromatic N) is 1. The van der Waals surface area contributed by atoms with E-state index in [1.165, 1.54) is 5.56 Å². The van der Waals surface area contributed by atoms with Crippen LogP contribution in [-0.4, -0.2) is 10.5 Å². The molecular formula is C12H18N2O. The van der Waals surface area contributed by atoms with Crippen molar-refractivity contribution in [2.45, 2.75) is 20.8 Å². The molecule has 82 valence electrons. The van der Waals surface area contributed by atoms with Crippen LogP contribution in [0.3, 0.4) is 0 Å². The molecule has 0 radical (unpaired) electrons. The number of benzene rings is 1. The van der Waals surface area contributed by atoms with Crippen LogP contribution in [0.2, 0.25) is 0 Å². The molecule has 15 heavy (non-hydrogen) atoms. The lowest BCUT2D eigenvalue weighted by Crippen LogP contribution is -1.88. The number of anilines is 1. The normalized spacial score (nSPS) is 8.73. The second-order valence-electron chi connectivity index (χ2n) is 2.92. The zero-order valence-corrected chi connectivity index (χ0v) is 9.41. The summed E-state index contributed by atoms with van der Waals surface area (Å²) in [6.45, 7) is 6.05. The summed E-state index contributed by atoms with van der Waals surface area (Å²) in [5, 5.41) is 1.03. The van der Waals surface area contributed by atoms with Gasteiger partial charge in [0.05, 0.1) is 5.52 Å². The van der Waals surface area contributed by atoms with Gasteiger partial charge in [-0.25, -0.2) is 0 Å². The lowest BCUT2D eigenvalue weighted by molar-refractivity contribution is 0.824. The maximum Gasteiger partial charge on any atom is 0.0725 e. The minimum absolute atomic E-state index is 0. The molecule has 0 amide bonds. The van der Waals surface area contributed by atoms with Crippen LogP contribution in [0.1, 0.15) is 19.4 Å². The van der Waals surface area contributed by atoms with E-state index in [1.54, 1.807) is 6.20 Å². The third-order valence-electron chi connectivity index (χ3n) is 1.93. The van der Waals surface area contributed by atoms with Gasteiger partial charge in [0.25, 0.3) is 0 Å². The van der Waals surface area contributed by atoms with Crippen LogP contribution >= 0.6 is 0 Å². The summed E-state index contributed by atoms with van der Waals surface area (Å²) in [4.78, 5) is 4.22. The quantitative estimate of drug-likeness (QED) is 0.718. The first-order valence-corrected chi connectivity index (χ1v) is 4.88. The zero-order valence-electron chi connectivity index (χ0n) is 9.41. The van der Waals surface area contributed by atoms with Crippen molar-refractivity contribution in [3.63, 3.8) is 0 Å². The van der Waals surface area contributed by atoms with Gasteiger partial charge in [-0.05, 0) is 24.6 Å². The Bertz CT molecular complexity index is 427. The molecule has 4 N–H and O–H groups in total. The first-order valence-electron chi connectivity index (χ1n) is 4.88. The van der Waals surface area contributed by atoms with Gasteiger partial charge in [0.15, 0.2) is 0 Å². The van der Waals surface area contributed by atoms with Crippen molar-refractivity contribution < 1.29 is 5.48 Å². The molecule has 0 unspecified atom stereocenters. The molecule has 0 aliphatic heterocycles. The first-order chi connectivity index (χ1) is 6.77. The van der Waals surface area contributed by atoms with Crippen molar-refractivity contribution in [1.29, 1.82) is 0 Å². The van der Waals surface area contributed by atoms with Gasteiger partial charge >= 0.3 is 0 Å². The average molecular weight is 206 g/mol. The van der Waals surface area contributed by atoms with E-state index in [-0.39, 0.29) is 5.48 Å². The molecule has 0 spiro atoms. The van der Waals surface area contributed by atoms with Gasteiger partial charge in [-0.15, -0.1) is 0 Å². The summed E-state index contributed by atoms with van der Waals surface area (Å²) < 4.78 is 0. The van der Waals surface area contributed by atoms with E-state index in [2.05, 4.69) is 4.98 Å². The molecule has 1 aromatic carbocycles. The fourth-order valence-electron chi connectivity index (χ4n) is 1.28. The molecule has 0 aliphatic carbocycles. The Hall–Kier alpha value is -1.61. The molecule has 0 aliphatic rings. The monoisotopic (exact) mass is 206 g/mol. The second-order valence-corrected chi connectivity index (χ2v) is 2.92. The Balaban J connectivity index is 0.000000617. The topological polar surface area (TPSA) is 70.4 Å². The Labute approximate surface area is 90.3 Å². The van der Waals surface area contributed by atoms with E-state index in [0.717, 1.165) is 16.6 Å². The fraction of sp³-hybridized carbons (Fsp3) is 0.250. The number of aromatic nitrogens is 1. The molecule has 0 bridgehead atoms. The lowest BCUT2D eigenvalue weighted by atomic mass is 10.1. The highest BCUT2D eigenvalue weighted by molar-refractivity contribution is 5.89. The molecule has 1 aromatic heterocycles. The predicted molar refractivity (Wildman–Crippen MR) is 65.9 cm³/mol. The Kier molecular flexibility index (Phi) is 5.34.